The Morgan fingerprint density at radius 1 is 1.15 bits per heavy atom. The lowest BCUT2D eigenvalue weighted by atomic mass is 10.1. The summed E-state index contributed by atoms with van der Waals surface area (Å²) in [6.07, 6.45) is 0.728. The molecule has 1 aliphatic heterocycles. The van der Waals surface area contributed by atoms with Crippen molar-refractivity contribution < 1.29 is 14.6 Å². The number of hydrogen-bond acceptors (Lipinski definition) is 5. The highest BCUT2D eigenvalue weighted by molar-refractivity contribution is 7.99. The lowest BCUT2D eigenvalue weighted by molar-refractivity contribution is -0.0980. The fraction of sp³-hybridized carbons (Fsp3) is 0.429. The first-order chi connectivity index (χ1) is 12.8. The van der Waals surface area contributed by atoms with Crippen LogP contribution in [0.4, 0.5) is 5.69 Å². The Hall–Kier alpha value is -1.69. The van der Waals surface area contributed by atoms with E-state index in [2.05, 4.69) is 41.3 Å². The minimum atomic E-state index is -0.679. The smallest absolute Gasteiger partial charge is 0.154 e. The van der Waals surface area contributed by atoms with Crippen molar-refractivity contribution in [3.8, 4) is 5.75 Å². The van der Waals surface area contributed by atoms with Gasteiger partial charge in [-0.1, -0.05) is 24.3 Å². The Bertz CT molecular complexity index is 677. The Balaban J connectivity index is 1.44. The highest BCUT2D eigenvalue weighted by Crippen LogP contribution is 2.33. The molecule has 2 aromatic carbocycles. The van der Waals surface area contributed by atoms with Gasteiger partial charge < -0.3 is 19.5 Å². The first kappa shape index (κ1) is 19.1. The average Bonchev–Trinajstić information content (AvgIpc) is 2.68. The van der Waals surface area contributed by atoms with Gasteiger partial charge in [-0.2, -0.15) is 0 Å². The molecule has 0 aromatic heterocycles. The fourth-order valence-corrected chi connectivity index (χ4v) is 4.10. The molecule has 1 N–H and O–H groups in total. The number of aryl methyl sites for hydroxylation is 1. The Labute approximate surface area is 160 Å². The van der Waals surface area contributed by atoms with Gasteiger partial charge in [0.1, 0.15) is 12.4 Å². The van der Waals surface area contributed by atoms with E-state index >= 15 is 0 Å². The molecule has 1 heterocycles. The molecule has 4 nitrogen and oxygen atoms in total. The molecule has 0 bridgehead atoms. The van der Waals surface area contributed by atoms with Crippen LogP contribution in [-0.2, 0) is 11.2 Å². The summed E-state index contributed by atoms with van der Waals surface area (Å²) in [4.78, 5) is 3.76. The maximum absolute atomic E-state index is 9.62. The largest absolute Gasteiger partial charge is 0.492 e. The van der Waals surface area contributed by atoms with Gasteiger partial charge in [-0.15, -0.1) is 11.8 Å². The summed E-state index contributed by atoms with van der Waals surface area (Å²) >= 11 is 1.92. The maximum atomic E-state index is 9.62. The molecule has 26 heavy (non-hydrogen) atoms. The summed E-state index contributed by atoms with van der Waals surface area (Å²) in [6, 6.07) is 16.7. The lowest BCUT2D eigenvalue weighted by Gasteiger charge is -2.30. The van der Waals surface area contributed by atoms with Gasteiger partial charge in [0, 0.05) is 30.2 Å². The summed E-state index contributed by atoms with van der Waals surface area (Å²) in [5.41, 5.74) is 2.49. The highest BCUT2D eigenvalue weighted by atomic mass is 32.2. The van der Waals surface area contributed by atoms with Crippen LogP contribution in [-0.4, -0.2) is 43.5 Å². The molecule has 0 fully saturated rings. The van der Waals surface area contributed by atoms with Crippen LogP contribution in [0.5, 0.6) is 5.75 Å². The van der Waals surface area contributed by atoms with Gasteiger partial charge >= 0.3 is 0 Å². The molecule has 1 unspecified atom stereocenters. The Kier molecular flexibility index (Phi) is 7.23. The van der Waals surface area contributed by atoms with E-state index in [1.807, 2.05) is 30.8 Å². The van der Waals surface area contributed by atoms with Crippen molar-refractivity contribution in [1.82, 2.24) is 0 Å². The quantitative estimate of drug-likeness (QED) is 0.674. The third-order valence-electron chi connectivity index (χ3n) is 4.42. The summed E-state index contributed by atoms with van der Waals surface area (Å²) in [7, 11) is 0. The van der Waals surface area contributed by atoms with Crippen LogP contribution in [0.3, 0.4) is 0 Å². The van der Waals surface area contributed by atoms with Crippen LogP contribution < -0.4 is 9.64 Å². The van der Waals surface area contributed by atoms with Gasteiger partial charge in [-0.05, 0) is 43.2 Å². The minimum absolute atomic E-state index is 0.536. The zero-order valence-corrected chi connectivity index (χ0v) is 16.1. The molecule has 0 radical (unpaired) electrons. The molecule has 5 heteroatoms. The molecule has 140 valence electrons. The van der Waals surface area contributed by atoms with E-state index in [9.17, 15) is 5.11 Å². The van der Waals surface area contributed by atoms with Crippen LogP contribution in [0.15, 0.2) is 53.4 Å². The van der Waals surface area contributed by atoms with Crippen molar-refractivity contribution in [3.63, 3.8) is 0 Å². The zero-order chi connectivity index (χ0) is 18.2. The maximum Gasteiger partial charge on any atom is 0.154 e. The van der Waals surface area contributed by atoms with E-state index in [-0.39, 0.29) is 0 Å². The van der Waals surface area contributed by atoms with Crippen LogP contribution >= 0.6 is 11.8 Å². The Morgan fingerprint density at radius 3 is 2.77 bits per heavy atom. The van der Waals surface area contributed by atoms with Gasteiger partial charge in [0.15, 0.2) is 6.29 Å². The normalized spacial score (nSPS) is 14.8. The summed E-state index contributed by atoms with van der Waals surface area (Å²) in [5, 5.41) is 9.62. The van der Waals surface area contributed by atoms with Crippen LogP contribution in [0.1, 0.15) is 18.9 Å². The number of thioether (sulfide) groups is 1. The number of anilines is 1. The van der Waals surface area contributed by atoms with E-state index in [0.717, 1.165) is 31.0 Å². The number of aliphatic hydroxyl groups excluding tert-OH is 1. The van der Waals surface area contributed by atoms with Crippen molar-refractivity contribution in [3.05, 3.63) is 54.1 Å². The molecule has 3 rings (SSSR count). The zero-order valence-electron chi connectivity index (χ0n) is 15.3. The van der Waals surface area contributed by atoms with Crippen LogP contribution in [0.2, 0.25) is 0 Å². The molecule has 0 aliphatic carbocycles. The molecule has 0 saturated heterocycles. The first-order valence-electron chi connectivity index (χ1n) is 9.24. The number of para-hydroxylation sites is 1. The SMILES string of the molecule is CCOC(O)CCc1ccc(OCCN2CCSc3ccccc32)cc1. The summed E-state index contributed by atoms with van der Waals surface area (Å²) in [5.74, 6) is 2.01. The molecule has 1 atom stereocenters. The molecule has 2 aromatic rings. The predicted octanol–water partition coefficient (Wildman–Crippen LogP) is 3.97. The second-order valence-corrected chi connectivity index (χ2v) is 7.38. The lowest BCUT2D eigenvalue weighted by Crippen LogP contribution is -2.33. The van der Waals surface area contributed by atoms with Crippen molar-refractivity contribution in [2.45, 2.75) is 31.0 Å². The highest BCUT2D eigenvalue weighted by Gasteiger charge is 2.16. The van der Waals surface area contributed by atoms with Gasteiger partial charge in [-0.3, -0.25) is 0 Å². The summed E-state index contributed by atoms with van der Waals surface area (Å²) in [6.45, 7) is 5.04. The second kappa shape index (κ2) is 9.86. The van der Waals surface area contributed by atoms with Gasteiger partial charge in [-0.25, -0.2) is 0 Å². The van der Waals surface area contributed by atoms with Crippen molar-refractivity contribution in [2.75, 3.05) is 37.0 Å². The number of nitrogens with zero attached hydrogens (tertiary/aromatic N) is 1. The molecule has 0 amide bonds. The van der Waals surface area contributed by atoms with E-state index in [1.54, 1.807) is 0 Å². The number of ether oxygens (including phenoxy) is 2. The number of rotatable bonds is 9. The number of fused-ring (bicyclic) bond motifs is 1. The van der Waals surface area contributed by atoms with E-state index in [1.165, 1.54) is 16.1 Å². The standard InChI is InChI=1S/C21H27NO3S/c1-2-24-21(23)12-9-17-7-10-18(11-8-17)25-15-13-22-14-16-26-20-6-4-3-5-19(20)22/h3-8,10-11,21,23H,2,9,12-16H2,1H3. The van der Waals surface area contributed by atoms with E-state index in [4.69, 9.17) is 9.47 Å². The number of hydrogen-bond donors (Lipinski definition) is 1. The predicted molar refractivity (Wildman–Crippen MR) is 107 cm³/mol. The molecular formula is C21H27NO3S. The van der Waals surface area contributed by atoms with Crippen LogP contribution in [0, 0.1) is 0 Å². The second-order valence-electron chi connectivity index (χ2n) is 6.24. The average molecular weight is 374 g/mol. The number of benzene rings is 2. The van der Waals surface area contributed by atoms with Gasteiger partial charge in [0.25, 0.3) is 0 Å². The third-order valence-corrected chi connectivity index (χ3v) is 5.46. The first-order valence-corrected chi connectivity index (χ1v) is 10.2. The molecule has 0 saturated carbocycles. The topological polar surface area (TPSA) is 41.9 Å². The monoisotopic (exact) mass is 373 g/mol. The van der Waals surface area contributed by atoms with Gasteiger partial charge in [0.05, 0.1) is 12.2 Å². The molecule has 0 spiro atoms. The van der Waals surface area contributed by atoms with E-state index < -0.39 is 6.29 Å². The third kappa shape index (κ3) is 5.40. The van der Waals surface area contributed by atoms with Crippen molar-refractivity contribution >= 4 is 17.4 Å². The number of aliphatic hydroxyl groups is 1. The Morgan fingerprint density at radius 2 is 1.96 bits per heavy atom. The van der Waals surface area contributed by atoms with Crippen molar-refractivity contribution in [2.24, 2.45) is 0 Å². The molecule has 1 aliphatic rings. The molecular weight excluding hydrogens is 346 g/mol. The fourth-order valence-electron chi connectivity index (χ4n) is 3.05. The van der Waals surface area contributed by atoms with Crippen LogP contribution in [0.25, 0.3) is 0 Å². The van der Waals surface area contributed by atoms with Crippen molar-refractivity contribution in [1.29, 1.82) is 0 Å². The van der Waals surface area contributed by atoms with Gasteiger partial charge in [0.2, 0.25) is 0 Å². The van der Waals surface area contributed by atoms with E-state index in [0.29, 0.717) is 19.6 Å². The minimum Gasteiger partial charge on any atom is -0.492 e. The summed E-state index contributed by atoms with van der Waals surface area (Å²) < 4.78 is 11.1.